The number of rotatable bonds is 4. The summed E-state index contributed by atoms with van der Waals surface area (Å²) >= 11 is 11.8. The second kappa shape index (κ2) is 5.60. The first kappa shape index (κ1) is 13.2. The molecule has 0 N–H and O–H groups in total. The van der Waals surface area contributed by atoms with E-state index in [-0.39, 0.29) is 24.9 Å². The molecular weight excluding hydrogens is 271 g/mol. The Labute approximate surface area is 116 Å². The number of nitriles is 1. The van der Waals surface area contributed by atoms with Crippen LogP contribution in [0.5, 0.6) is 0 Å². The molecule has 0 heterocycles. The Kier molecular flexibility index (Phi) is 4.11. The van der Waals surface area contributed by atoms with Crippen LogP contribution in [0, 0.1) is 11.3 Å². The number of amides is 1. The first-order valence-electron chi connectivity index (χ1n) is 5.72. The van der Waals surface area contributed by atoms with Gasteiger partial charge in [0.1, 0.15) is 6.54 Å². The average molecular weight is 283 g/mol. The Morgan fingerprint density at radius 1 is 1.44 bits per heavy atom. The van der Waals surface area contributed by atoms with Gasteiger partial charge in [-0.05, 0) is 30.5 Å². The number of carbonyl (C=O) groups excluding carboxylic acids is 1. The predicted octanol–water partition coefficient (Wildman–Crippen LogP) is 3.05. The van der Waals surface area contributed by atoms with Crippen molar-refractivity contribution in [2.24, 2.45) is 0 Å². The summed E-state index contributed by atoms with van der Waals surface area (Å²) in [5.41, 5.74) is 0.745. The number of nitrogens with zero attached hydrogens (tertiary/aromatic N) is 2. The first-order chi connectivity index (χ1) is 8.61. The van der Waals surface area contributed by atoms with E-state index in [2.05, 4.69) is 0 Å². The summed E-state index contributed by atoms with van der Waals surface area (Å²) in [6, 6.07) is 7.35. The predicted molar refractivity (Wildman–Crippen MR) is 70.5 cm³/mol. The zero-order valence-electron chi connectivity index (χ0n) is 9.70. The van der Waals surface area contributed by atoms with E-state index in [4.69, 9.17) is 28.5 Å². The van der Waals surface area contributed by atoms with Gasteiger partial charge in [-0.2, -0.15) is 5.26 Å². The molecule has 0 atom stereocenters. The molecule has 94 valence electrons. The fourth-order valence-corrected chi connectivity index (χ4v) is 2.29. The van der Waals surface area contributed by atoms with Crippen LogP contribution in [-0.2, 0) is 11.2 Å². The molecule has 5 heteroatoms. The molecule has 1 amide bonds. The zero-order chi connectivity index (χ0) is 13.1. The monoisotopic (exact) mass is 282 g/mol. The minimum absolute atomic E-state index is 0.0525. The van der Waals surface area contributed by atoms with E-state index in [1.54, 1.807) is 23.1 Å². The highest BCUT2D eigenvalue weighted by molar-refractivity contribution is 6.35. The molecule has 1 fully saturated rings. The second-order valence-electron chi connectivity index (χ2n) is 4.32. The molecule has 0 bridgehead atoms. The van der Waals surface area contributed by atoms with Crippen molar-refractivity contribution in [2.75, 3.05) is 6.54 Å². The molecular formula is C13H12Cl2N2O. The van der Waals surface area contributed by atoms with E-state index in [1.807, 2.05) is 6.07 Å². The molecule has 0 aromatic heterocycles. The van der Waals surface area contributed by atoms with Crippen molar-refractivity contribution in [2.45, 2.75) is 25.3 Å². The van der Waals surface area contributed by atoms with Crippen molar-refractivity contribution >= 4 is 29.1 Å². The summed E-state index contributed by atoms with van der Waals surface area (Å²) in [6.45, 7) is 0.148. The van der Waals surface area contributed by atoms with E-state index in [9.17, 15) is 4.79 Å². The maximum atomic E-state index is 12.1. The lowest BCUT2D eigenvalue weighted by Crippen LogP contribution is -2.34. The molecule has 18 heavy (non-hydrogen) atoms. The summed E-state index contributed by atoms with van der Waals surface area (Å²) in [6.07, 6.45) is 2.19. The molecule has 1 saturated carbocycles. The highest BCUT2D eigenvalue weighted by Crippen LogP contribution is 2.28. The molecule has 0 radical (unpaired) electrons. The Morgan fingerprint density at radius 3 is 2.72 bits per heavy atom. The fraction of sp³-hybridized carbons (Fsp3) is 0.385. The van der Waals surface area contributed by atoms with Gasteiger partial charge in [-0.15, -0.1) is 0 Å². The highest BCUT2D eigenvalue weighted by atomic mass is 35.5. The van der Waals surface area contributed by atoms with Crippen molar-refractivity contribution in [1.82, 2.24) is 4.90 Å². The Balaban J connectivity index is 2.07. The molecule has 1 aromatic carbocycles. The molecule has 1 aliphatic rings. The third-order valence-electron chi connectivity index (χ3n) is 2.91. The maximum Gasteiger partial charge on any atom is 0.228 e. The minimum atomic E-state index is -0.0525. The van der Waals surface area contributed by atoms with Gasteiger partial charge in [-0.3, -0.25) is 4.79 Å². The second-order valence-corrected chi connectivity index (χ2v) is 5.17. The van der Waals surface area contributed by atoms with Crippen LogP contribution in [0.15, 0.2) is 18.2 Å². The van der Waals surface area contributed by atoms with Crippen molar-refractivity contribution < 1.29 is 4.79 Å². The van der Waals surface area contributed by atoms with Gasteiger partial charge in [0.15, 0.2) is 0 Å². The lowest BCUT2D eigenvalue weighted by atomic mass is 10.1. The molecule has 2 rings (SSSR count). The molecule has 3 nitrogen and oxygen atoms in total. The summed E-state index contributed by atoms with van der Waals surface area (Å²) in [5.74, 6) is -0.0525. The van der Waals surface area contributed by atoms with Gasteiger partial charge in [0, 0.05) is 16.1 Å². The first-order valence-corrected chi connectivity index (χ1v) is 6.47. The number of hydrogen-bond acceptors (Lipinski definition) is 2. The van der Waals surface area contributed by atoms with Gasteiger partial charge in [-0.25, -0.2) is 0 Å². The summed E-state index contributed by atoms with van der Waals surface area (Å²) < 4.78 is 0. The molecule has 1 aliphatic carbocycles. The summed E-state index contributed by atoms with van der Waals surface area (Å²) in [5, 5.41) is 9.77. The zero-order valence-corrected chi connectivity index (χ0v) is 11.2. The number of benzene rings is 1. The molecule has 0 spiro atoms. The summed E-state index contributed by atoms with van der Waals surface area (Å²) in [7, 11) is 0. The molecule has 0 unspecified atom stereocenters. The number of hydrogen-bond donors (Lipinski definition) is 0. The van der Waals surface area contributed by atoms with Crippen molar-refractivity contribution in [3.8, 4) is 6.07 Å². The van der Waals surface area contributed by atoms with Crippen LogP contribution in [-0.4, -0.2) is 23.4 Å². The minimum Gasteiger partial charge on any atom is -0.326 e. The Bertz CT molecular complexity index is 506. The maximum absolute atomic E-state index is 12.1. The average Bonchev–Trinajstić information content (AvgIpc) is 3.13. The quantitative estimate of drug-likeness (QED) is 0.797. The highest BCUT2D eigenvalue weighted by Gasteiger charge is 2.32. The Hall–Kier alpha value is -1.24. The topological polar surface area (TPSA) is 44.1 Å². The number of carbonyl (C=O) groups is 1. The van der Waals surface area contributed by atoms with Crippen LogP contribution in [0.25, 0.3) is 0 Å². The summed E-state index contributed by atoms with van der Waals surface area (Å²) in [4.78, 5) is 13.7. The Morgan fingerprint density at radius 2 is 2.17 bits per heavy atom. The van der Waals surface area contributed by atoms with Crippen molar-refractivity contribution in [1.29, 1.82) is 5.26 Å². The van der Waals surface area contributed by atoms with Crippen LogP contribution in [0.1, 0.15) is 18.4 Å². The van der Waals surface area contributed by atoms with E-state index >= 15 is 0 Å². The van der Waals surface area contributed by atoms with E-state index in [0.717, 1.165) is 18.4 Å². The lowest BCUT2D eigenvalue weighted by Gasteiger charge is -2.19. The van der Waals surface area contributed by atoms with Gasteiger partial charge in [-0.1, -0.05) is 29.3 Å². The van der Waals surface area contributed by atoms with Gasteiger partial charge in [0.05, 0.1) is 12.5 Å². The smallest absolute Gasteiger partial charge is 0.228 e. The van der Waals surface area contributed by atoms with Crippen LogP contribution < -0.4 is 0 Å². The third-order valence-corrected chi connectivity index (χ3v) is 3.49. The standard InChI is InChI=1S/C13H12Cl2N2O/c14-10-2-1-9(12(15)8-10)7-13(18)17(6-5-16)11-3-4-11/h1-2,8,11H,3-4,6-7H2. The SMILES string of the molecule is N#CCN(C(=O)Cc1ccc(Cl)cc1Cl)C1CC1. The van der Waals surface area contributed by atoms with Gasteiger partial charge in [0.2, 0.25) is 5.91 Å². The molecule has 1 aromatic rings. The molecule has 0 saturated heterocycles. The van der Waals surface area contributed by atoms with E-state index < -0.39 is 0 Å². The van der Waals surface area contributed by atoms with Gasteiger partial charge in [0.25, 0.3) is 0 Å². The fourth-order valence-electron chi connectivity index (χ4n) is 1.81. The van der Waals surface area contributed by atoms with Crippen LogP contribution in [0.4, 0.5) is 0 Å². The van der Waals surface area contributed by atoms with E-state index in [0.29, 0.717) is 10.0 Å². The third kappa shape index (κ3) is 3.16. The van der Waals surface area contributed by atoms with Crippen molar-refractivity contribution in [3.05, 3.63) is 33.8 Å². The molecule has 0 aliphatic heterocycles. The largest absolute Gasteiger partial charge is 0.326 e. The van der Waals surface area contributed by atoms with Crippen LogP contribution >= 0.6 is 23.2 Å². The van der Waals surface area contributed by atoms with Crippen molar-refractivity contribution in [3.63, 3.8) is 0 Å². The lowest BCUT2D eigenvalue weighted by molar-refractivity contribution is -0.130. The van der Waals surface area contributed by atoms with Crippen LogP contribution in [0.3, 0.4) is 0 Å². The van der Waals surface area contributed by atoms with Crippen LogP contribution in [0.2, 0.25) is 10.0 Å². The number of halogens is 2. The normalized spacial score (nSPS) is 14.1. The van der Waals surface area contributed by atoms with Gasteiger partial charge >= 0.3 is 0 Å². The van der Waals surface area contributed by atoms with E-state index in [1.165, 1.54) is 0 Å². The van der Waals surface area contributed by atoms with Gasteiger partial charge < -0.3 is 4.90 Å².